The lowest BCUT2D eigenvalue weighted by atomic mass is 10.1. The third kappa shape index (κ3) is 4.04. The molecule has 1 heterocycles. The third-order valence-electron chi connectivity index (χ3n) is 3.41. The average molecular weight is 277 g/mol. The van der Waals surface area contributed by atoms with Gasteiger partial charge in [-0.1, -0.05) is 17.9 Å². The van der Waals surface area contributed by atoms with Gasteiger partial charge in [0.1, 0.15) is 5.82 Å². The van der Waals surface area contributed by atoms with Crippen molar-refractivity contribution in [1.82, 2.24) is 4.90 Å². The summed E-state index contributed by atoms with van der Waals surface area (Å²) in [7, 11) is 0. The van der Waals surface area contributed by atoms with E-state index in [1.807, 2.05) is 0 Å². The molecule has 1 fully saturated rings. The second kappa shape index (κ2) is 7.39. The van der Waals surface area contributed by atoms with E-state index >= 15 is 0 Å². The number of halogens is 1. The normalized spacial score (nSPS) is 19.4. The van der Waals surface area contributed by atoms with Crippen molar-refractivity contribution in [2.24, 2.45) is 0 Å². The molecule has 0 spiro atoms. The Morgan fingerprint density at radius 1 is 1.50 bits per heavy atom. The van der Waals surface area contributed by atoms with Gasteiger partial charge < -0.3 is 9.84 Å². The monoisotopic (exact) mass is 277 g/mol. The number of aliphatic hydroxyl groups is 1. The Labute approximate surface area is 119 Å². The van der Waals surface area contributed by atoms with Crippen LogP contribution in [0.25, 0.3) is 0 Å². The van der Waals surface area contributed by atoms with Crippen LogP contribution in [0.4, 0.5) is 4.39 Å². The summed E-state index contributed by atoms with van der Waals surface area (Å²) < 4.78 is 18.8. The van der Waals surface area contributed by atoms with Gasteiger partial charge in [-0.25, -0.2) is 4.39 Å². The van der Waals surface area contributed by atoms with Crippen LogP contribution in [0, 0.1) is 17.7 Å². The zero-order chi connectivity index (χ0) is 14.4. The number of hydrogen-bond donors (Lipinski definition) is 1. The molecule has 0 amide bonds. The molecule has 0 aromatic heterocycles. The molecule has 1 atom stereocenters. The predicted octanol–water partition coefficient (Wildman–Crippen LogP) is 1.78. The maximum atomic E-state index is 13.4. The Morgan fingerprint density at radius 3 is 3.10 bits per heavy atom. The fourth-order valence-corrected chi connectivity index (χ4v) is 2.23. The number of hydrogen-bond acceptors (Lipinski definition) is 3. The summed E-state index contributed by atoms with van der Waals surface area (Å²) in [6.45, 7) is 5.23. The summed E-state index contributed by atoms with van der Waals surface area (Å²) in [4.78, 5) is 2.31. The number of aliphatic hydroxyl groups excluding tert-OH is 1. The van der Waals surface area contributed by atoms with E-state index in [1.165, 1.54) is 12.1 Å². The van der Waals surface area contributed by atoms with Gasteiger partial charge in [0.2, 0.25) is 0 Å². The van der Waals surface area contributed by atoms with Crippen molar-refractivity contribution in [3.05, 3.63) is 35.1 Å². The van der Waals surface area contributed by atoms with Crippen LogP contribution < -0.4 is 0 Å². The molecule has 1 aliphatic rings. The van der Waals surface area contributed by atoms with Crippen LogP contribution in [0.3, 0.4) is 0 Å². The smallest absolute Gasteiger partial charge is 0.124 e. The van der Waals surface area contributed by atoms with Gasteiger partial charge in [-0.3, -0.25) is 4.90 Å². The van der Waals surface area contributed by atoms with E-state index in [2.05, 4.69) is 23.7 Å². The van der Waals surface area contributed by atoms with Crippen LogP contribution in [-0.4, -0.2) is 42.4 Å². The Kier molecular flexibility index (Phi) is 5.54. The van der Waals surface area contributed by atoms with Crippen LogP contribution in [0.2, 0.25) is 0 Å². The van der Waals surface area contributed by atoms with Crippen molar-refractivity contribution >= 4 is 0 Å². The van der Waals surface area contributed by atoms with Gasteiger partial charge in [0, 0.05) is 31.1 Å². The van der Waals surface area contributed by atoms with Gasteiger partial charge in [0.15, 0.2) is 0 Å². The lowest BCUT2D eigenvalue weighted by Crippen LogP contribution is -2.43. The Balaban J connectivity index is 2.16. The first-order valence-corrected chi connectivity index (χ1v) is 6.90. The first-order chi connectivity index (χ1) is 9.70. The SMILES string of the molecule is CC1COCCN1Cc1ccc(F)cc1C#CCCO. The lowest BCUT2D eigenvalue weighted by molar-refractivity contribution is -0.00440. The highest BCUT2D eigenvalue weighted by atomic mass is 19.1. The zero-order valence-electron chi connectivity index (χ0n) is 11.7. The molecule has 1 aromatic carbocycles. The van der Waals surface area contributed by atoms with E-state index in [0.29, 0.717) is 18.0 Å². The molecule has 0 saturated carbocycles. The minimum absolute atomic E-state index is 0.0259. The van der Waals surface area contributed by atoms with Gasteiger partial charge in [-0.05, 0) is 24.6 Å². The van der Waals surface area contributed by atoms with Crippen LogP contribution in [0.1, 0.15) is 24.5 Å². The maximum absolute atomic E-state index is 13.4. The molecule has 1 unspecified atom stereocenters. The average Bonchev–Trinajstić information content (AvgIpc) is 2.44. The molecule has 3 nitrogen and oxygen atoms in total. The molecule has 108 valence electrons. The van der Waals surface area contributed by atoms with Gasteiger partial charge in [0.05, 0.1) is 19.8 Å². The second-order valence-corrected chi connectivity index (χ2v) is 4.97. The highest BCUT2D eigenvalue weighted by Gasteiger charge is 2.19. The van der Waals surface area contributed by atoms with Gasteiger partial charge in [-0.2, -0.15) is 0 Å². The number of morpholine rings is 1. The Hall–Kier alpha value is -1.41. The van der Waals surface area contributed by atoms with Crippen molar-refractivity contribution in [1.29, 1.82) is 0 Å². The van der Waals surface area contributed by atoms with Crippen molar-refractivity contribution < 1.29 is 14.2 Å². The highest BCUT2D eigenvalue weighted by Crippen LogP contribution is 2.16. The van der Waals surface area contributed by atoms with Crippen LogP contribution in [0.15, 0.2) is 18.2 Å². The molecule has 0 aliphatic carbocycles. The van der Waals surface area contributed by atoms with E-state index in [9.17, 15) is 4.39 Å². The minimum atomic E-state index is -0.280. The molecule has 1 N–H and O–H groups in total. The van der Waals surface area contributed by atoms with E-state index < -0.39 is 0 Å². The standard InChI is InChI=1S/C16H20FNO2/c1-13-12-20-9-7-18(13)11-15-5-6-16(17)10-14(15)4-2-3-8-19/h5-6,10,13,19H,3,7-9,11-12H2,1H3. The molecule has 1 saturated heterocycles. The summed E-state index contributed by atoms with van der Waals surface area (Å²) >= 11 is 0. The summed E-state index contributed by atoms with van der Waals surface area (Å²) in [5.74, 6) is 5.53. The lowest BCUT2D eigenvalue weighted by Gasteiger charge is -2.33. The van der Waals surface area contributed by atoms with Crippen LogP contribution in [-0.2, 0) is 11.3 Å². The number of ether oxygens (including phenoxy) is 1. The molecular weight excluding hydrogens is 257 g/mol. The first-order valence-electron chi connectivity index (χ1n) is 6.90. The molecule has 1 aromatic rings. The van der Waals surface area contributed by atoms with Gasteiger partial charge >= 0.3 is 0 Å². The van der Waals surface area contributed by atoms with Crippen LogP contribution >= 0.6 is 0 Å². The molecule has 4 heteroatoms. The van der Waals surface area contributed by atoms with Crippen molar-refractivity contribution in [2.75, 3.05) is 26.4 Å². The number of benzene rings is 1. The summed E-state index contributed by atoms with van der Waals surface area (Å²) in [6.07, 6.45) is 0.407. The minimum Gasteiger partial charge on any atom is -0.395 e. The molecule has 2 rings (SSSR count). The van der Waals surface area contributed by atoms with E-state index in [4.69, 9.17) is 9.84 Å². The maximum Gasteiger partial charge on any atom is 0.124 e. The zero-order valence-corrected chi connectivity index (χ0v) is 11.7. The quantitative estimate of drug-likeness (QED) is 0.855. The topological polar surface area (TPSA) is 32.7 Å². The summed E-state index contributed by atoms with van der Waals surface area (Å²) in [6, 6.07) is 5.08. The fourth-order valence-electron chi connectivity index (χ4n) is 2.23. The first kappa shape index (κ1) is 15.0. The molecule has 0 bridgehead atoms. The van der Waals surface area contributed by atoms with Crippen LogP contribution in [0.5, 0.6) is 0 Å². The fraction of sp³-hybridized carbons (Fsp3) is 0.500. The molecule has 0 radical (unpaired) electrons. The van der Waals surface area contributed by atoms with E-state index in [0.717, 1.165) is 31.9 Å². The molecule has 20 heavy (non-hydrogen) atoms. The van der Waals surface area contributed by atoms with Crippen molar-refractivity contribution in [2.45, 2.75) is 25.9 Å². The van der Waals surface area contributed by atoms with E-state index in [-0.39, 0.29) is 12.4 Å². The Bertz CT molecular complexity index is 507. The Morgan fingerprint density at radius 2 is 2.35 bits per heavy atom. The van der Waals surface area contributed by atoms with Crippen molar-refractivity contribution in [3.63, 3.8) is 0 Å². The van der Waals surface area contributed by atoms with Gasteiger partial charge in [-0.15, -0.1) is 0 Å². The molecular formula is C16H20FNO2. The highest BCUT2D eigenvalue weighted by molar-refractivity contribution is 5.41. The van der Waals surface area contributed by atoms with Gasteiger partial charge in [0.25, 0.3) is 0 Å². The molecule has 1 aliphatic heterocycles. The summed E-state index contributed by atoms with van der Waals surface area (Å²) in [5, 5.41) is 8.77. The number of rotatable bonds is 3. The van der Waals surface area contributed by atoms with E-state index in [1.54, 1.807) is 6.07 Å². The van der Waals surface area contributed by atoms with Crippen molar-refractivity contribution in [3.8, 4) is 11.8 Å². The number of nitrogens with zero attached hydrogens (tertiary/aromatic N) is 1. The predicted molar refractivity (Wildman–Crippen MR) is 75.7 cm³/mol. The summed E-state index contributed by atoms with van der Waals surface area (Å²) in [5.41, 5.74) is 1.72. The second-order valence-electron chi connectivity index (χ2n) is 4.97. The third-order valence-corrected chi connectivity index (χ3v) is 3.41. The largest absolute Gasteiger partial charge is 0.395 e.